The summed E-state index contributed by atoms with van der Waals surface area (Å²) < 4.78 is 22.9. The number of anilines is 1. The quantitative estimate of drug-likeness (QED) is 0.721. The summed E-state index contributed by atoms with van der Waals surface area (Å²) in [6.07, 6.45) is 7.37. The zero-order valence-electron chi connectivity index (χ0n) is 19.7. The summed E-state index contributed by atoms with van der Waals surface area (Å²) in [7, 11) is 0. The molecule has 4 heterocycles. The summed E-state index contributed by atoms with van der Waals surface area (Å²) in [5, 5.41) is 11.7. The molecule has 0 bridgehead atoms. The van der Waals surface area contributed by atoms with Gasteiger partial charge in [-0.05, 0) is 61.0 Å². The first kappa shape index (κ1) is 15.5. The van der Waals surface area contributed by atoms with E-state index < -0.39 is 6.85 Å². The number of nitrogens with one attached hydrogen (secondary N) is 1. The van der Waals surface area contributed by atoms with Crippen molar-refractivity contribution >= 4 is 11.7 Å². The zero-order chi connectivity index (χ0) is 23.2. The Hall–Kier alpha value is -3.35. The predicted molar refractivity (Wildman–Crippen MR) is 113 cm³/mol. The van der Waals surface area contributed by atoms with Crippen molar-refractivity contribution in [1.82, 2.24) is 25.5 Å². The van der Waals surface area contributed by atoms with Crippen LogP contribution in [0.4, 0.5) is 5.82 Å². The molecule has 0 spiro atoms. The lowest BCUT2D eigenvalue weighted by Gasteiger charge is -2.30. The van der Waals surface area contributed by atoms with Crippen molar-refractivity contribution in [2.24, 2.45) is 0 Å². The van der Waals surface area contributed by atoms with Crippen LogP contribution in [-0.2, 0) is 18.5 Å². The number of aryl methyl sites for hydroxylation is 2. The van der Waals surface area contributed by atoms with Crippen LogP contribution in [0.25, 0.3) is 0 Å². The average Bonchev–Trinajstić information content (AvgIpc) is 3.59. The Kier molecular flexibility index (Phi) is 3.70. The number of amides is 1. The number of hydrogen-bond acceptors (Lipinski definition) is 6. The van der Waals surface area contributed by atoms with E-state index in [9.17, 15) is 4.79 Å². The standard InChI is InChI=1S/C23H24N6O/c1-15-10-17-14-29(9-5-19(17)25-12-15)21-16(2)11-20(27-28-21)22(30)26-23(6-7-23)18-4-3-8-24-13-18/h3-4,8,10-13H,5-7,9,14H2,1-2H3,(H,26,30)/i1D3. The molecule has 7 nitrogen and oxygen atoms in total. The molecular formula is C23H24N6O. The molecule has 3 aromatic rings. The third-order valence-corrected chi connectivity index (χ3v) is 5.85. The normalized spacial score (nSPS) is 18.6. The van der Waals surface area contributed by atoms with Gasteiger partial charge in [0.2, 0.25) is 0 Å². The highest BCUT2D eigenvalue weighted by Gasteiger charge is 2.46. The molecule has 2 aliphatic rings. The zero-order valence-corrected chi connectivity index (χ0v) is 16.7. The van der Waals surface area contributed by atoms with Crippen LogP contribution in [0.3, 0.4) is 0 Å². The minimum absolute atomic E-state index is 0.237. The second kappa shape index (κ2) is 7.16. The Morgan fingerprint density at radius 3 is 2.90 bits per heavy atom. The van der Waals surface area contributed by atoms with Gasteiger partial charge < -0.3 is 10.2 Å². The molecule has 1 N–H and O–H groups in total. The highest BCUT2D eigenvalue weighted by atomic mass is 16.2. The van der Waals surface area contributed by atoms with Crippen LogP contribution in [-0.4, -0.2) is 32.6 Å². The van der Waals surface area contributed by atoms with Gasteiger partial charge in [0.15, 0.2) is 11.5 Å². The molecule has 0 atom stereocenters. The van der Waals surface area contributed by atoms with Gasteiger partial charge in [-0.15, -0.1) is 10.2 Å². The summed E-state index contributed by atoms with van der Waals surface area (Å²) in [4.78, 5) is 23.5. The fraction of sp³-hybridized carbons (Fsp3) is 0.348. The van der Waals surface area contributed by atoms with Crippen LogP contribution in [0.15, 0.2) is 42.9 Å². The first-order valence-corrected chi connectivity index (χ1v) is 10.1. The van der Waals surface area contributed by atoms with Gasteiger partial charge in [0.05, 0.1) is 5.54 Å². The van der Waals surface area contributed by atoms with Gasteiger partial charge in [-0.2, -0.15) is 0 Å². The second-order valence-corrected chi connectivity index (χ2v) is 8.02. The van der Waals surface area contributed by atoms with E-state index in [2.05, 4.69) is 30.4 Å². The summed E-state index contributed by atoms with van der Waals surface area (Å²) >= 11 is 0. The first-order chi connectivity index (χ1) is 15.7. The molecular weight excluding hydrogens is 376 g/mol. The van der Waals surface area contributed by atoms with Crippen LogP contribution < -0.4 is 10.2 Å². The van der Waals surface area contributed by atoms with Crippen molar-refractivity contribution in [2.45, 2.75) is 45.1 Å². The lowest BCUT2D eigenvalue weighted by Crippen LogP contribution is -2.36. The molecule has 5 rings (SSSR count). The Morgan fingerprint density at radius 2 is 2.17 bits per heavy atom. The molecule has 3 aromatic heterocycles. The SMILES string of the molecule is [2H]C([2H])([2H])c1cnc2c(c1)CN(c1nnc(C(=O)NC3(c4cccnc4)CC3)cc1C)CC2. The molecule has 1 fully saturated rings. The number of hydrogen-bond donors (Lipinski definition) is 1. The largest absolute Gasteiger partial charge is 0.350 e. The summed E-state index contributed by atoms with van der Waals surface area (Å²) in [6, 6.07) is 7.30. The molecule has 0 saturated heterocycles. The first-order valence-electron chi connectivity index (χ1n) is 11.6. The second-order valence-electron chi connectivity index (χ2n) is 8.02. The van der Waals surface area contributed by atoms with E-state index in [4.69, 9.17) is 4.11 Å². The van der Waals surface area contributed by atoms with E-state index >= 15 is 0 Å². The Morgan fingerprint density at radius 1 is 1.27 bits per heavy atom. The molecule has 30 heavy (non-hydrogen) atoms. The number of rotatable bonds is 4. The van der Waals surface area contributed by atoms with Gasteiger partial charge in [-0.1, -0.05) is 12.1 Å². The van der Waals surface area contributed by atoms with E-state index in [-0.39, 0.29) is 22.7 Å². The molecule has 0 aromatic carbocycles. The number of nitrogens with zero attached hydrogens (tertiary/aromatic N) is 5. The van der Waals surface area contributed by atoms with Crippen molar-refractivity contribution in [3.8, 4) is 0 Å². The molecule has 152 valence electrons. The van der Waals surface area contributed by atoms with Gasteiger partial charge in [0, 0.05) is 47.9 Å². The number of aromatic nitrogens is 4. The molecule has 1 aliphatic heterocycles. The summed E-state index contributed by atoms with van der Waals surface area (Å²) in [5.74, 6) is 0.430. The van der Waals surface area contributed by atoms with E-state index in [0.717, 1.165) is 35.2 Å². The molecule has 0 unspecified atom stereocenters. The molecule has 7 heteroatoms. The van der Waals surface area contributed by atoms with E-state index in [1.165, 1.54) is 6.20 Å². The fourth-order valence-corrected chi connectivity index (χ4v) is 4.05. The van der Waals surface area contributed by atoms with Crippen LogP contribution in [0.1, 0.15) is 55.4 Å². The van der Waals surface area contributed by atoms with Crippen molar-refractivity contribution in [3.63, 3.8) is 0 Å². The maximum Gasteiger partial charge on any atom is 0.272 e. The highest BCUT2D eigenvalue weighted by Crippen LogP contribution is 2.45. The van der Waals surface area contributed by atoms with Gasteiger partial charge in [0.25, 0.3) is 5.91 Å². The smallest absolute Gasteiger partial charge is 0.272 e. The molecule has 1 aliphatic carbocycles. The van der Waals surface area contributed by atoms with E-state index in [1.807, 2.05) is 19.1 Å². The van der Waals surface area contributed by atoms with Crippen LogP contribution in [0.2, 0.25) is 0 Å². The minimum atomic E-state index is -2.19. The van der Waals surface area contributed by atoms with Gasteiger partial charge >= 0.3 is 0 Å². The fourth-order valence-electron chi connectivity index (χ4n) is 4.05. The third kappa shape index (κ3) is 3.40. The number of fused-ring (bicyclic) bond motifs is 1. The van der Waals surface area contributed by atoms with Crippen molar-refractivity contribution in [1.29, 1.82) is 0 Å². The number of carbonyl (C=O) groups excluding carboxylic acids is 1. The minimum Gasteiger partial charge on any atom is -0.350 e. The maximum atomic E-state index is 12.9. The Balaban J connectivity index is 1.33. The van der Waals surface area contributed by atoms with Gasteiger partial charge in [-0.3, -0.25) is 14.8 Å². The summed E-state index contributed by atoms with van der Waals surface area (Å²) in [5.41, 5.74) is 3.76. The maximum absolute atomic E-state index is 12.9. The number of carbonyl (C=O) groups is 1. The average molecular weight is 404 g/mol. The monoisotopic (exact) mass is 403 g/mol. The highest BCUT2D eigenvalue weighted by molar-refractivity contribution is 5.93. The molecule has 0 radical (unpaired) electrons. The molecule has 1 saturated carbocycles. The lowest BCUT2D eigenvalue weighted by atomic mass is 10.0. The van der Waals surface area contributed by atoms with Crippen molar-refractivity contribution in [2.75, 3.05) is 11.4 Å². The topological polar surface area (TPSA) is 83.9 Å². The van der Waals surface area contributed by atoms with E-state index in [0.29, 0.717) is 25.3 Å². The third-order valence-electron chi connectivity index (χ3n) is 5.85. The Labute approximate surface area is 179 Å². The molecule has 1 amide bonds. The Bertz CT molecular complexity index is 1210. The van der Waals surface area contributed by atoms with Gasteiger partial charge in [0.1, 0.15) is 0 Å². The van der Waals surface area contributed by atoms with Crippen LogP contribution >= 0.6 is 0 Å². The summed E-state index contributed by atoms with van der Waals surface area (Å²) in [6.45, 7) is 0.904. The van der Waals surface area contributed by atoms with Crippen molar-refractivity contribution in [3.05, 3.63) is 76.5 Å². The number of pyridine rings is 2. The predicted octanol–water partition coefficient (Wildman–Crippen LogP) is 2.87. The van der Waals surface area contributed by atoms with E-state index in [1.54, 1.807) is 24.5 Å². The lowest BCUT2D eigenvalue weighted by molar-refractivity contribution is 0.0924. The van der Waals surface area contributed by atoms with Crippen LogP contribution in [0.5, 0.6) is 0 Å². The van der Waals surface area contributed by atoms with Crippen LogP contribution in [0, 0.1) is 13.8 Å². The van der Waals surface area contributed by atoms with Gasteiger partial charge in [-0.25, -0.2) is 0 Å². The van der Waals surface area contributed by atoms with Crippen molar-refractivity contribution < 1.29 is 8.91 Å².